The van der Waals surface area contributed by atoms with Crippen molar-refractivity contribution in [3.63, 3.8) is 0 Å². The summed E-state index contributed by atoms with van der Waals surface area (Å²) in [5, 5.41) is 0. The molecule has 0 bridgehead atoms. The van der Waals surface area contributed by atoms with Crippen molar-refractivity contribution >= 4 is 6.08 Å². The molecule has 0 aromatic heterocycles. The van der Waals surface area contributed by atoms with Crippen molar-refractivity contribution in [2.24, 2.45) is 5.41 Å². The van der Waals surface area contributed by atoms with Crippen LogP contribution in [-0.2, 0) is 6.42 Å². The van der Waals surface area contributed by atoms with Gasteiger partial charge in [-0.1, -0.05) is 38.5 Å². The van der Waals surface area contributed by atoms with Crippen LogP contribution in [0.1, 0.15) is 31.9 Å². The zero-order valence-electron chi connectivity index (χ0n) is 8.89. The topological polar surface area (TPSA) is 0 Å². The molecule has 2 rings (SSSR count). The van der Waals surface area contributed by atoms with Crippen molar-refractivity contribution in [3.05, 3.63) is 40.7 Å². The van der Waals surface area contributed by atoms with E-state index < -0.39 is 0 Å². The molecule has 1 aromatic rings. The van der Waals surface area contributed by atoms with Gasteiger partial charge in [-0.25, -0.2) is 4.39 Å². The molecule has 0 heterocycles. The molecular weight excluding hydrogens is 175 g/mol. The zero-order chi connectivity index (χ0) is 10.3. The summed E-state index contributed by atoms with van der Waals surface area (Å²) >= 11 is 0. The van der Waals surface area contributed by atoms with Crippen LogP contribution in [0.5, 0.6) is 0 Å². The van der Waals surface area contributed by atoms with Gasteiger partial charge in [0.15, 0.2) is 0 Å². The quantitative estimate of drug-likeness (QED) is 0.583. The second-order valence-electron chi connectivity index (χ2n) is 4.94. The maximum atomic E-state index is 13.0. The average molecular weight is 190 g/mol. The SMILES string of the molecule is CC(C)(C)C1=Cc2ccc(F)cc2C1. The number of rotatable bonds is 0. The van der Waals surface area contributed by atoms with Gasteiger partial charge in [0.1, 0.15) is 5.82 Å². The summed E-state index contributed by atoms with van der Waals surface area (Å²) in [6, 6.07) is 5.04. The summed E-state index contributed by atoms with van der Waals surface area (Å²) in [6.45, 7) is 6.59. The van der Waals surface area contributed by atoms with Crippen LogP contribution >= 0.6 is 0 Å². The van der Waals surface area contributed by atoms with Gasteiger partial charge < -0.3 is 0 Å². The number of hydrogen-bond donors (Lipinski definition) is 0. The fourth-order valence-corrected chi connectivity index (χ4v) is 1.79. The lowest BCUT2D eigenvalue weighted by molar-refractivity contribution is 0.498. The summed E-state index contributed by atoms with van der Waals surface area (Å²) in [4.78, 5) is 0. The molecule has 0 saturated heterocycles. The fraction of sp³-hybridized carbons (Fsp3) is 0.385. The Morgan fingerprint density at radius 3 is 2.57 bits per heavy atom. The van der Waals surface area contributed by atoms with E-state index in [2.05, 4.69) is 26.8 Å². The molecule has 0 spiro atoms. The van der Waals surface area contributed by atoms with E-state index in [4.69, 9.17) is 0 Å². The van der Waals surface area contributed by atoms with E-state index in [9.17, 15) is 4.39 Å². The van der Waals surface area contributed by atoms with E-state index in [1.165, 1.54) is 17.2 Å². The van der Waals surface area contributed by atoms with E-state index in [1.807, 2.05) is 6.07 Å². The first-order chi connectivity index (χ1) is 6.47. The van der Waals surface area contributed by atoms with E-state index in [1.54, 1.807) is 6.07 Å². The molecule has 0 nitrogen and oxygen atoms in total. The Morgan fingerprint density at radius 2 is 1.93 bits per heavy atom. The van der Waals surface area contributed by atoms with E-state index in [-0.39, 0.29) is 11.2 Å². The smallest absolute Gasteiger partial charge is 0.123 e. The predicted octanol–water partition coefficient (Wildman–Crippen LogP) is 3.81. The summed E-state index contributed by atoms with van der Waals surface area (Å²) in [6.07, 6.45) is 3.09. The molecule has 1 heteroatoms. The second-order valence-corrected chi connectivity index (χ2v) is 4.94. The third-order valence-electron chi connectivity index (χ3n) is 2.78. The molecule has 0 N–H and O–H groups in total. The molecule has 0 radical (unpaired) electrons. The Morgan fingerprint density at radius 1 is 1.21 bits per heavy atom. The van der Waals surface area contributed by atoms with Crippen LogP contribution in [0, 0.1) is 11.2 Å². The van der Waals surface area contributed by atoms with Gasteiger partial charge in [-0.05, 0) is 35.1 Å². The van der Waals surface area contributed by atoms with Crippen molar-refractivity contribution in [2.45, 2.75) is 27.2 Å². The van der Waals surface area contributed by atoms with Crippen LogP contribution in [0.4, 0.5) is 4.39 Å². The average Bonchev–Trinajstić information content (AvgIpc) is 2.45. The highest BCUT2D eigenvalue weighted by Crippen LogP contribution is 2.36. The molecule has 0 saturated carbocycles. The molecule has 1 aliphatic rings. The maximum absolute atomic E-state index is 13.0. The lowest BCUT2D eigenvalue weighted by Gasteiger charge is -2.19. The molecule has 0 atom stereocenters. The maximum Gasteiger partial charge on any atom is 0.123 e. The van der Waals surface area contributed by atoms with Gasteiger partial charge in [0, 0.05) is 0 Å². The van der Waals surface area contributed by atoms with Gasteiger partial charge >= 0.3 is 0 Å². The molecular formula is C13H15F. The fourth-order valence-electron chi connectivity index (χ4n) is 1.79. The Bertz CT molecular complexity index is 394. The molecule has 74 valence electrons. The number of benzene rings is 1. The Kier molecular flexibility index (Phi) is 1.99. The van der Waals surface area contributed by atoms with Gasteiger partial charge in [0.2, 0.25) is 0 Å². The van der Waals surface area contributed by atoms with E-state index in [0.29, 0.717) is 0 Å². The number of fused-ring (bicyclic) bond motifs is 1. The van der Waals surface area contributed by atoms with E-state index >= 15 is 0 Å². The largest absolute Gasteiger partial charge is 0.207 e. The van der Waals surface area contributed by atoms with Crippen molar-refractivity contribution < 1.29 is 4.39 Å². The summed E-state index contributed by atoms with van der Waals surface area (Å²) < 4.78 is 13.0. The van der Waals surface area contributed by atoms with Gasteiger partial charge in [-0.2, -0.15) is 0 Å². The number of halogens is 1. The number of hydrogen-bond acceptors (Lipinski definition) is 0. The van der Waals surface area contributed by atoms with Crippen molar-refractivity contribution in [2.75, 3.05) is 0 Å². The van der Waals surface area contributed by atoms with Crippen LogP contribution in [0.3, 0.4) is 0 Å². The zero-order valence-corrected chi connectivity index (χ0v) is 8.89. The molecule has 0 unspecified atom stereocenters. The molecule has 0 fully saturated rings. The highest BCUT2D eigenvalue weighted by Gasteiger charge is 2.22. The Labute approximate surface area is 84.5 Å². The number of allylic oxidation sites excluding steroid dienone is 1. The predicted molar refractivity (Wildman–Crippen MR) is 57.5 cm³/mol. The molecule has 14 heavy (non-hydrogen) atoms. The first-order valence-corrected chi connectivity index (χ1v) is 4.96. The minimum absolute atomic E-state index is 0.132. The third-order valence-corrected chi connectivity index (χ3v) is 2.78. The van der Waals surface area contributed by atoms with Crippen LogP contribution in [0.15, 0.2) is 23.8 Å². The highest BCUT2D eigenvalue weighted by molar-refractivity contribution is 5.64. The van der Waals surface area contributed by atoms with Crippen LogP contribution in [0.2, 0.25) is 0 Å². The monoisotopic (exact) mass is 190 g/mol. The first kappa shape index (κ1) is 9.45. The minimum atomic E-state index is -0.132. The Balaban J connectivity index is 2.37. The normalized spacial score (nSPS) is 15.3. The summed E-state index contributed by atoms with van der Waals surface area (Å²) in [5.74, 6) is -0.132. The van der Waals surface area contributed by atoms with Gasteiger partial charge in [0.05, 0.1) is 0 Å². The first-order valence-electron chi connectivity index (χ1n) is 4.96. The second kappa shape index (κ2) is 2.94. The molecule has 0 aliphatic heterocycles. The summed E-state index contributed by atoms with van der Waals surface area (Å²) in [5.41, 5.74) is 3.87. The molecule has 1 aliphatic carbocycles. The van der Waals surface area contributed by atoms with Gasteiger partial charge in [-0.3, -0.25) is 0 Å². The lowest BCUT2D eigenvalue weighted by atomic mass is 9.85. The van der Waals surface area contributed by atoms with Crippen LogP contribution in [-0.4, -0.2) is 0 Å². The lowest BCUT2D eigenvalue weighted by Crippen LogP contribution is -2.08. The molecule has 1 aromatic carbocycles. The standard InChI is InChI=1S/C13H15F/c1-13(2,3)11-6-9-4-5-12(14)8-10(9)7-11/h4-6,8H,7H2,1-3H3. The van der Waals surface area contributed by atoms with Crippen molar-refractivity contribution in [1.82, 2.24) is 0 Å². The molecule has 0 amide bonds. The minimum Gasteiger partial charge on any atom is -0.207 e. The van der Waals surface area contributed by atoms with E-state index in [0.717, 1.165) is 12.0 Å². The van der Waals surface area contributed by atoms with Crippen LogP contribution in [0.25, 0.3) is 6.08 Å². The highest BCUT2D eigenvalue weighted by atomic mass is 19.1. The van der Waals surface area contributed by atoms with Crippen LogP contribution < -0.4 is 0 Å². The third kappa shape index (κ3) is 1.59. The van der Waals surface area contributed by atoms with Crippen molar-refractivity contribution in [1.29, 1.82) is 0 Å². The van der Waals surface area contributed by atoms with Gasteiger partial charge in [0.25, 0.3) is 0 Å². The Hall–Kier alpha value is -1.11. The van der Waals surface area contributed by atoms with Gasteiger partial charge in [-0.15, -0.1) is 0 Å². The van der Waals surface area contributed by atoms with Crippen molar-refractivity contribution in [3.8, 4) is 0 Å². The summed E-state index contributed by atoms with van der Waals surface area (Å²) in [7, 11) is 0.